The van der Waals surface area contributed by atoms with Crippen molar-refractivity contribution in [1.29, 1.82) is 0 Å². The maximum Gasteiger partial charge on any atom is 0.138 e. The van der Waals surface area contributed by atoms with E-state index < -0.39 is 0 Å². The molecule has 0 saturated carbocycles. The molecule has 0 saturated heterocycles. The van der Waals surface area contributed by atoms with Gasteiger partial charge in [-0.25, -0.2) is 4.98 Å². The maximum atomic E-state index is 8.77. The van der Waals surface area contributed by atoms with E-state index in [9.17, 15) is 0 Å². The Morgan fingerprint density at radius 1 is 1.16 bits per heavy atom. The smallest absolute Gasteiger partial charge is 0.138 e. The molecule has 3 nitrogen and oxygen atoms in total. The van der Waals surface area contributed by atoms with Gasteiger partial charge in [-0.3, -0.25) is 0 Å². The van der Waals surface area contributed by atoms with Gasteiger partial charge in [0, 0.05) is 23.3 Å². The van der Waals surface area contributed by atoms with Crippen molar-refractivity contribution in [1.82, 2.24) is 9.97 Å². The number of hydrogen-bond acceptors (Lipinski definition) is 2. The number of aliphatic hydroxyl groups excluding tert-OH is 1. The third-order valence-electron chi connectivity index (χ3n) is 2.94. The SMILES string of the molecule is OCC#Cc1c[nH]c2ncc(-c3ccccc3)cc12. The molecule has 0 atom stereocenters. The van der Waals surface area contributed by atoms with Gasteiger partial charge in [-0.15, -0.1) is 0 Å². The van der Waals surface area contributed by atoms with Crippen molar-refractivity contribution in [3.63, 3.8) is 0 Å². The van der Waals surface area contributed by atoms with Crippen molar-refractivity contribution < 1.29 is 5.11 Å². The first-order valence-electron chi connectivity index (χ1n) is 6.01. The van der Waals surface area contributed by atoms with Gasteiger partial charge in [-0.1, -0.05) is 42.2 Å². The molecule has 0 aliphatic rings. The molecule has 0 amide bonds. The number of pyridine rings is 1. The Kier molecular flexibility index (Phi) is 3.01. The number of hydrogen-bond donors (Lipinski definition) is 2. The molecule has 0 spiro atoms. The van der Waals surface area contributed by atoms with Crippen LogP contribution in [0.3, 0.4) is 0 Å². The van der Waals surface area contributed by atoms with Crippen LogP contribution in [0.1, 0.15) is 5.56 Å². The fourth-order valence-electron chi connectivity index (χ4n) is 2.03. The standard InChI is InChI=1S/C16H12N2O/c19-8-4-7-13-10-17-16-15(13)9-14(11-18-16)12-5-2-1-3-6-12/h1-3,5-6,9-11,19H,8H2,(H,17,18). The van der Waals surface area contributed by atoms with Gasteiger partial charge in [-0.2, -0.15) is 0 Å². The van der Waals surface area contributed by atoms with Gasteiger partial charge in [0.1, 0.15) is 12.3 Å². The normalized spacial score (nSPS) is 10.2. The van der Waals surface area contributed by atoms with Crippen LogP contribution in [-0.4, -0.2) is 21.7 Å². The molecule has 92 valence electrons. The summed E-state index contributed by atoms with van der Waals surface area (Å²) in [5.41, 5.74) is 3.84. The van der Waals surface area contributed by atoms with Gasteiger partial charge in [0.15, 0.2) is 0 Å². The Bertz CT molecular complexity index is 764. The highest BCUT2D eigenvalue weighted by molar-refractivity contribution is 5.87. The maximum absolute atomic E-state index is 8.77. The highest BCUT2D eigenvalue weighted by Crippen LogP contribution is 2.24. The van der Waals surface area contributed by atoms with Gasteiger partial charge < -0.3 is 10.1 Å². The average molecular weight is 248 g/mol. The second-order valence-electron chi connectivity index (χ2n) is 4.15. The monoisotopic (exact) mass is 248 g/mol. The summed E-state index contributed by atoms with van der Waals surface area (Å²) in [6.45, 7) is -0.140. The van der Waals surface area contributed by atoms with Crippen LogP contribution in [0, 0.1) is 11.8 Å². The Balaban J connectivity index is 2.14. The van der Waals surface area contributed by atoms with Gasteiger partial charge in [-0.05, 0) is 11.6 Å². The van der Waals surface area contributed by atoms with Crippen LogP contribution in [0.5, 0.6) is 0 Å². The largest absolute Gasteiger partial charge is 0.384 e. The summed E-state index contributed by atoms with van der Waals surface area (Å²) in [6, 6.07) is 12.2. The van der Waals surface area contributed by atoms with E-state index in [0.29, 0.717) is 0 Å². The lowest BCUT2D eigenvalue weighted by molar-refractivity contribution is 0.350. The summed E-state index contributed by atoms with van der Waals surface area (Å²) >= 11 is 0. The summed E-state index contributed by atoms with van der Waals surface area (Å²) in [5, 5.41) is 9.74. The summed E-state index contributed by atoms with van der Waals surface area (Å²) in [7, 11) is 0. The lowest BCUT2D eigenvalue weighted by atomic mass is 10.1. The van der Waals surface area contributed by atoms with E-state index in [1.54, 1.807) is 0 Å². The van der Waals surface area contributed by atoms with E-state index >= 15 is 0 Å². The van der Waals surface area contributed by atoms with Gasteiger partial charge in [0.05, 0.1) is 5.56 Å². The molecule has 2 aromatic heterocycles. The number of nitrogens with zero attached hydrogens (tertiary/aromatic N) is 1. The number of aliphatic hydroxyl groups is 1. The first kappa shape index (κ1) is 11.5. The summed E-state index contributed by atoms with van der Waals surface area (Å²) in [4.78, 5) is 7.48. The topological polar surface area (TPSA) is 48.9 Å². The number of nitrogens with one attached hydrogen (secondary N) is 1. The van der Waals surface area contributed by atoms with Crippen LogP contribution in [0.15, 0.2) is 48.8 Å². The zero-order chi connectivity index (χ0) is 13.1. The summed E-state index contributed by atoms with van der Waals surface area (Å²) in [5.74, 6) is 5.58. The molecule has 3 rings (SSSR count). The van der Waals surface area contributed by atoms with Crippen LogP contribution in [-0.2, 0) is 0 Å². The van der Waals surface area contributed by atoms with Crippen LogP contribution < -0.4 is 0 Å². The zero-order valence-electron chi connectivity index (χ0n) is 10.2. The summed E-state index contributed by atoms with van der Waals surface area (Å²) in [6.07, 6.45) is 3.66. The molecular weight excluding hydrogens is 236 g/mol. The molecule has 0 unspecified atom stereocenters. The molecule has 3 aromatic rings. The molecule has 19 heavy (non-hydrogen) atoms. The number of aromatic nitrogens is 2. The number of H-pyrrole nitrogens is 1. The molecular formula is C16H12N2O. The van der Waals surface area contributed by atoms with Crippen molar-refractivity contribution >= 4 is 11.0 Å². The molecule has 0 aliphatic carbocycles. The van der Waals surface area contributed by atoms with Gasteiger partial charge in [0.2, 0.25) is 0 Å². The predicted octanol–water partition coefficient (Wildman–Crippen LogP) is 2.57. The molecule has 2 heterocycles. The Hall–Kier alpha value is -2.57. The van der Waals surface area contributed by atoms with Crippen molar-refractivity contribution in [3.8, 4) is 23.0 Å². The van der Waals surface area contributed by atoms with E-state index in [2.05, 4.69) is 40.0 Å². The van der Waals surface area contributed by atoms with Crippen molar-refractivity contribution in [2.75, 3.05) is 6.61 Å². The zero-order valence-corrected chi connectivity index (χ0v) is 10.2. The second-order valence-corrected chi connectivity index (χ2v) is 4.15. The van der Waals surface area contributed by atoms with E-state index in [1.165, 1.54) is 0 Å². The second kappa shape index (κ2) is 4.97. The van der Waals surface area contributed by atoms with Crippen LogP contribution >= 0.6 is 0 Å². The fourth-order valence-corrected chi connectivity index (χ4v) is 2.03. The van der Waals surface area contributed by atoms with E-state index in [1.807, 2.05) is 30.6 Å². The van der Waals surface area contributed by atoms with Crippen molar-refractivity contribution in [2.24, 2.45) is 0 Å². The van der Waals surface area contributed by atoms with Crippen molar-refractivity contribution in [2.45, 2.75) is 0 Å². The molecule has 0 aliphatic heterocycles. The Labute approximate surface area is 110 Å². The minimum Gasteiger partial charge on any atom is -0.384 e. The minimum atomic E-state index is -0.140. The Morgan fingerprint density at radius 3 is 2.79 bits per heavy atom. The van der Waals surface area contributed by atoms with Crippen molar-refractivity contribution in [3.05, 3.63) is 54.4 Å². The lowest BCUT2D eigenvalue weighted by Crippen LogP contribution is -1.82. The molecule has 3 heteroatoms. The van der Waals surface area contributed by atoms with E-state index in [-0.39, 0.29) is 6.61 Å². The molecule has 0 bridgehead atoms. The van der Waals surface area contributed by atoms with E-state index in [0.717, 1.165) is 27.7 Å². The van der Waals surface area contributed by atoms with Gasteiger partial charge >= 0.3 is 0 Å². The lowest BCUT2D eigenvalue weighted by Gasteiger charge is -2.01. The Morgan fingerprint density at radius 2 is 2.00 bits per heavy atom. The quantitative estimate of drug-likeness (QED) is 0.650. The van der Waals surface area contributed by atoms with E-state index in [4.69, 9.17) is 5.11 Å². The first-order chi connectivity index (χ1) is 9.38. The third-order valence-corrected chi connectivity index (χ3v) is 2.94. The average Bonchev–Trinajstić information content (AvgIpc) is 2.88. The number of rotatable bonds is 1. The predicted molar refractivity (Wildman–Crippen MR) is 75.5 cm³/mol. The molecule has 2 N–H and O–H groups in total. The number of benzene rings is 1. The molecule has 1 aromatic carbocycles. The minimum absolute atomic E-state index is 0.140. The highest BCUT2D eigenvalue weighted by Gasteiger charge is 2.05. The molecule has 0 radical (unpaired) electrons. The van der Waals surface area contributed by atoms with Crippen LogP contribution in [0.25, 0.3) is 22.2 Å². The van der Waals surface area contributed by atoms with Crippen LogP contribution in [0.2, 0.25) is 0 Å². The van der Waals surface area contributed by atoms with Gasteiger partial charge in [0.25, 0.3) is 0 Å². The first-order valence-corrected chi connectivity index (χ1v) is 6.01. The third kappa shape index (κ3) is 2.22. The summed E-state index contributed by atoms with van der Waals surface area (Å²) < 4.78 is 0. The fraction of sp³-hybridized carbons (Fsp3) is 0.0625. The number of aromatic amines is 1. The van der Waals surface area contributed by atoms with Crippen LogP contribution in [0.4, 0.5) is 0 Å². The molecule has 0 fully saturated rings. The highest BCUT2D eigenvalue weighted by atomic mass is 16.2. The number of fused-ring (bicyclic) bond motifs is 1.